The summed E-state index contributed by atoms with van der Waals surface area (Å²) in [6.07, 6.45) is 3.83. The average molecular weight is 292 g/mol. The van der Waals surface area contributed by atoms with Crippen molar-refractivity contribution >= 4 is 11.9 Å². The largest absolute Gasteiger partial charge is 0.477 e. The molecule has 1 fully saturated rings. The molecular formula is C15H20N2O4. The number of cyclic esters (lactones) is 1. The van der Waals surface area contributed by atoms with E-state index in [1.54, 1.807) is 12.3 Å². The smallest absolute Gasteiger partial charge is 0.306 e. The number of esters is 1. The SMILES string of the molecule is CCCCOc1ncccc1CNC(=O)[C@H]1COC(=O)C1. The lowest BCUT2D eigenvalue weighted by Gasteiger charge is -2.12. The Kier molecular flexibility index (Phi) is 5.54. The minimum absolute atomic E-state index is 0.152. The third kappa shape index (κ3) is 4.44. The summed E-state index contributed by atoms with van der Waals surface area (Å²) in [6, 6.07) is 3.67. The second-order valence-corrected chi connectivity index (χ2v) is 4.97. The van der Waals surface area contributed by atoms with Crippen LogP contribution in [0, 0.1) is 5.92 Å². The quantitative estimate of drug-likeness (QED) is 0.608. The standard InChI is InChI=1S/C15H20N2O4/c1-2-3-7-20-15-11(5-4-6-16-15)9-17-14(19)12-8-13(18)21-10-12/h4-6,12H,2-3,7-10H2,1H3,(H,17,19)/t12-/m1/s1. The molecule has 21 heavy (non-hydrogen) atoms. The van der Waals surface area contributed by atoms with Gasteiger partial charge in [-0.2, -0.15) is 0 Å². The van der Waals surface area contributed by atoms with Crippen LogP contribution in [0.3, 0.4) is 0 Å². The summed E-state index contributed by atoms with van der Waals surface area (Å²) in [5.74, 6) is -0.340. The van der Waals surface area contributed by atoms with Crippen LogP contribution in [-0.4, -0.2) is 30.1 Å². The Hall–Kier alpha value is -2.11. The molecule has 1 aliphatic heterocycles. The highest BCUT2D eigenvalue weighted by atomic mass is 16.5. The fourth-order valence-electron chi connectivity index (χ4n) is 2.01. The zero-order valence-corrected chi connectivity index (χ0v) is 12.1. The van der Waals surface area contributed by atoms with Crippen molar-refractivity contribution in [2.24, 2.45) is 5.92 Å². The normalized spacial score (nSPS) is 17.4. The van der Waals surface area contributed by atoms with Crippen LogP contribution in [-0.2, 0) is 20.9 Å². The first-order chi connectivity index (χ1) is 10.2. The van der Waals surface area contributed by atoms with Crippen molar-refractivity contribution in [3.05, 3.63) is 23.9 Å². The highest BCUT2D eigenvalue weighted by Gasteiger charge is 2.29. The Bertz CT molecular complexity index is 504. The molecule has 1 aromatic rings. The fraction of sp³-hybridized carbons (Fsp3) is 0.533. The molecule has 0 saturated carbocycles. The van der Waals surface area contributed by atoms with E-state index < -0.39 is 5.92 Å². The molecule has 2 heterocycles. The van der Waals surface area contributed by atoms with Gasteiger partial charge in [0.15, 0.2) is 0 Å². The van der Waals surface area contributed by atoms with E-state index in [0.29, 0.717) is 19.0 Å². The summed E-state index contributed by atoms with van der Waals surface area (Å²) in [5.41, 5.74) is 0.826. The first-order valence-corrected chi connectivity index (χ1v) is 7.20. The summed E-state index contributed by atoms with van der Waals surface area (Å²) < 4.78 is 10.4. The summed E-state index contributed by atoms with van der Waals surface area (Å²) >= 11 is 0. The zero-order valence-electron chi connectivity index (χ0n) is 12.1. The fourth-order valence-corrected chi connectivity index (χ4v) is 2.01. The van der Waals surface area contributed by atoms with Crippen LogP contribution in [0.5, 0.6) is 5.88 Å². The Morgan fingerprint density at radius 1 is 1.57 bits per heavy atom. The highest BCUT2D eigenvalue weighted by molar-refractivity contribution is 5.86. The molecule has 6 heteroatoms. The number of rotatable bonds is 7. The number of hydrogen-bond acceptors (Lipinski definition) is 5. The minimum Gasteiger partial charge on any atom is -0.477 e. The summed E-state index contributed by atoms with van der Waals surface area (Å²) in [6.45, 7) is 3.20. The van der Waals surface area contributed by atoms with Gasteiger partial charge in [-0.25, -0.2) is 4.98 Å². The Morgan fingerprint density at radius 3 is 3.14 bits per heavy atom. The second-order valence-electron chi connectivity index (χ2n) is 4.97. The number of ether oxygens (including phenoxy) is 2. The molecule has 0 aliphatic carbocycles. The predicted molar refractivity (Wildman–Crippen MR) is 75.6 cm³/mol. The van der Waals surface area contributed by atoms with Gasteiger partial charge in [-0.3, -0.25) is 9.59 Å². The Labute approximate surface area is 123 Å². The van der Waals surface area contributed by atoms with E-state index in [-0.39, 0.29) is 24.9 Å². The van der Waals surface area contributed by atoms with Crippen molar-refractivity contribution in [2.75, 3.05) is 13.2 Å². The van der Waals surface area contributed by atoms with Crippen molar-refractivity contribution in [3.8, 4) is 5.88 Å². The molecule has 0 aromatic carbocycles. The first kappa shape index (κ1) is 15.3. The predicted octanol–water partition coefficient (Wildman–Crippen LogP) is 1.44. The van der Waals surface area contributed by atoms with E-state index in [4.69, 9.17) is 9.47 Å². The van der Waals surface area contributed by atoms with Crippen LogP contribution < -0.4 is 10.1 Å². The molecule has 0 radical (unpaired) electrons. The number of nitrogens with one attached hydrogen (secondary N) is 1. The number of carbonyl (C=O) groups excluding carboxylic acids is 2. The lowest BCUT2D eigenvalue weighted by atomic mass is 10.1. The number of unbranched alkanes of at least 4 members (excludes halogenated alkanes) is 1. The van der Waals surface area contributed by atoms with Crippen molar-refractivity contribution in [1.29, 1.82) is 0 Å². The molecule has 0 spiro atoms. The van der Waals surface area contributed by atoms with Gasteiger partial charge in [0.25, 0.3) is 0 Å². The topological polar surface area (TPSA) is 77.5 Å². The number of pyridine rings is 1. The number of carbonyl (C=O) groups is 2. The van der Waals surface area contributed by atoms with E-state index in [1.807, 2.05) is 6.07 Å². The van der Waals surface area contributed by atoms with Gasteiger partial charge in [-0.05, 0) is 12.5 Å². The van der Waals surface area contributed by atoms with Gasteiger partial charge in [0.2, 0.25) is 11.8 Å². The first-order valence-electron chi connectivity index (χ1n) is 7.20. The van der Waals surface area contributed by atoms with Gasteiger partial charge in [-0.15, -0.1) is 0 Å². The molecule has 1 N–H and O–H groups in total. The minimum atomic E-state index is -0.390. The van der Waals surface area contributed by atoms with Crippen LogP contribution in [0.15, 0.2) is 18.3 Å². The van der Waals surface area contributed by atoms with Gasteiger partial charge in [0.1, 0.15) is 6.61 Å². The van der Waals surface area contributed by atoms with Crippen LogP contribution in [0.2, 0.25) is 0 Å². The van der Waals surface area contributed by atoms with Crippen LogP contribution >= 0.6 is 0 Å². The van der Waals surface area contributed by atoms with Crippen LogP contribution in [0.1, 0.15) is 31.7 Å². The average Bonchev–Trinajstić information content (AvgIpc) is 2.93. The third-order valence-electron chi connectivity index (χ3n) is 3.27. The summed E-state index contributed by atoms with van der Waals surface area (Å²) in [5, 5.41) is 2.80. The lowest BCUT2D eigenvalue weighted by Crippen LogP contribution is -2.30. The number of nitrogens with zero attached hydrogens (tertiary/aromatic N) is 1. The number of amides is 1. The van der Waals surface area contributed by atoms with Crippen molar-refractivity contribution in [1.82, 2.24) is 10.3 Å². The van der Waals surface area contributed by atoms with Gasteiger partial charge in [0.05, 0.1) is 18.9 Å². The molecule has 1 amide bonds. The van der Waals surface area contributed by atoms with Gasteiger partial charge in [0, 0.05) is 18.3 Å². The molecular weight excluding hydrogens is 272 g/mol. The molecule has 114 valence electrons. The lowest BCUT2D eigenvalue weighted by molar-refractivity contribution is -0.137. The molecule has 2 rings (SSSR count). The molecule has 6 nitrogen and oxygen atoms in total. The van der Waals surface area contributed by atoms with Crippen molar-refractivity contribution < 1.29 is 19.1 Å². The Balaban J connectivity index is 1.87. The van der Waals surface area contributed by atoms with Crippen LogP contribution in [0.4, 0.5) is 0 Å². The molecule has 1 saturated heterocycles. The molecule has 1 aromatic heterocycles. The number of aromatic nitrogens is 1. The van der Waals surface area contributed by atoms with E-state index in [2.05, 4.69) is 17.2 Å². The zero-order chi connectivity index (χ0) is 15.1. The Morgan fingerprint density at radius 2 is 2.43 bits per heavy atom. The third-order valence-corrected chi connectivity index (χ3v) is 3.27. The van der Waals surface area contributed by atoms with Crippen molar-refractivity contribution in [3.63, 3.8) is 0 Å². The monoisotopic (exact) mass is 292 g/mol. The van der Waals surface area contributed by atoms with Gasteiger partial charge in [-0.1, -0.05) is 19.4 Å². The van der Waals surface area contributed by atoms with Gasteiger partial charge >= 0.3 is 5.97 Å². The van der Waals surface area contributed by atoms with E-state index in [0.717, 1.165) is 18.4 Å². The van der Waals surface area contributed by atoms with E-state index in [9.17, 15) is 9.59 Å². The van der Waals surface area contributed by atoms with Crippen molar-refractivity contribution in [2.45, 2.75) is 32.7 Å². The van der Waals surface area contributed by atoms with E-state index in [1.165, 1.54) is 0 Å². The van der Waals surface area contributed by atoms with E-state index >= 15 is 0 Å². The molecule has 0 unspecified atom stereocenters. The second kappa shape index (κ2) is 7.61. The number of hydrogen-bond donors (Lipinski definition) is 1. The summed E-state index contributed by atoms with van der Waals surface area (Å²) in [7, 11) is 0. The maximum Gasteiger partial charge on any atom is 0.306 e. The summed E-state index contributed by atoms with van der Waals surface area (Å²) in [4.78, 5) is 27.1. The molecule has 0 bridgehead atoms. The molecule has 1 aliphatic rings. The van der Waals surface area contributed by atoms with Crippen LogP contribution in [0.25, 0.3) is 0 Å². The maximum atomic E-state index is 11.9. The highest BCUT2D eigenvalue weighted by Crippen LogP contribution is 2.17. The van der Waals surface area contributed by atoms with Gasteiger partial charge < -0.3 is 14.8 Å². The molecule has 1 atom stereocenters. The maximum absolute atomic E-state index is 11.9.